The Bertz CT molecular complexity index is 1730. The van der Waals surface area contributed by atoms with Gasteiger partial charge in [0.15, 0.2) is 0 Å². The van der Waals surface area contributed by atoms with Gasteiger partial charge in [-0.2, -0.15) is 0 Å². The Morgan fingerprint density at radius 2 is 0.571 bits per heavy atom. The molecule has 0 fully saturated rings. The predicted molar refractivity (Wildman–Crippen MR) is 270 cm³/mol. The Hall–Kier alpha value is -4.62. The maximum Gasteiger partial charge on any atom is 0.0488 e. The Labute approximate surface area is 348 Å². The molecular formula is C55H87N. The quantitative estimate of drug-likeness (QED) is 0.155. The maximum absolute atomic E-state index is 2.24. The van der Waals surface area contributed by atoms with E-state index >= 15 is 0 Å². The third-order valence-corrected chi connectivity index (χ3v) is 7.59. The lowest BCUT2D eigenvalue weighted by atomic mass is 9.95. The number of rotatable bonds is 2. The number of aryl methyl sites for hydroxylation is 1. The molecule has 8 rings (SSSR count). The van der Waals surface area contributed by atoms with Crippen LogP contribution in [-0.4, -0.2) is 4.57 Å². The van der Waals surface area contributed by atoms with Gasteiger partial charge in [0.2, 0.25) is 0 Å². The smallest absolute Gasteiger partial charge is 0.0488 e. The molecule has 1 nitrogen and oxygen atoms in total. The van der Waals surface area contributed by atoms with E-state index in [0.29, 0.717) is 0 Å². The van der Waals surface area contributed by atoms with E-state index in [1.54, 1.807) is 0 Å². The number of unbranched alkanes of at least 4 members (excludes halogenated alkanes) is 2. The molecule has 0 amide bonds. The van der Waals surface area contributed by atoms with E-state index in [1.165, 1.54) is 73.4 Å². The summed E-state index contributed by atoms with van der Waals surface area (Å²) >= 11 is 0. The minimum Gasteiger partial charge on any atom is -0.344 e. The standard InChI is InChI=1S/C16H10.C13H11N.C6H6.C5H12.6C2H6.3CH4/c1-3-11-7-9-13-5-2-6-14-10-8-12(4-1)15(11)16(13)14;1-14-12-8-4-2-6-10(12)11-7-3-5-9-13(11)14;1-2-4-6-5-3-1;1-3-5-4-2;6*1-2;;;/h1-10H;2-9H,1H3;1-6H;3-5H2,1-2H3;6*1-2H3;3*1H4. The summed E-state index contributed by atoms with van der Waals surface area (Å²) in [5, 5.41) is 10.8. The first-order chi connectivity index (χ1) is 26.2. The minimum absolute atomic E-state index is 0. The van der Waals surface area contributed by atoms with Gasteiger partial charge in [-0.25, -0.2) is 0 Å². The fraction of sp³-hybridized carbons (Fsp3) is 0.382. The summed E-state index contributed by atoms with van der Waals surface area (Å²) in [6, 6.07) is 50.9. The van der Waals surface area contributed by atoms with Crippen LogP contribution in [-0.2, 0) is 7.05 Å². The lowest BCUT2D eigenvalue weighted by molar-refractivity contribution is 0.772. The van der Waals surface area contributed by atoms with Gasteiger partial charge in [0, 0.05) is 28.9 Å². The summed E-state index contributed by atoms with van der Waals surface area (Å²) in [5.74, 6) is 0. The first-order valence-corrected chi connectivity index (χ1v) is 20.8. The summed E-state index contributed by atoms with van der Waals surface area (Å²) in [5.41, 5.74) is 2.60. The second-order valence-corrected chi connectivity index (χ2v) is 10.4. The number of aromatic nitrogens is 1. The molecule has 0 atom stereocenters. The molecule has 0 aliphatic carbocycles. The molecule has 0 unspecified atom stereocenters. The molecule has 0 N–H and O–H groups in total. The van der Waals surface area contributed by atoms with E-state index < -0.39 is 0 Å². The fourth-order valence-electron chi connectivity index (χ4n) is 5.53. The molecule has 0 aliphatic heterocycles. The van der Waals surface area contributed by atoms with Gasteiger partial charge in [0.1, 0.15) is 0 Å². The van der Waals surface area contributed by atoms with Gasteiger partial charge in [-0.15, -0.1) is 0 Å². The summed E-state index contributed by atoms with van der Waals surface area (Å²) in [6.45, 7) is 28.4. The molecule has 56 heavy (non-hydrogen) atoms. The zero-order valence-electron chi connectivity index (χ0n) is 36.4. The van der Waals surface area contributed by atoms with Crippen molar-refractivity contribution in [3.8, 4) is 0 Å². The van der Waals surface area contributed by atoms with Crippen LogP contribution in [0.5, 0.6) is 0 Å². The normalized spacial score (nSPS) is 8.41. The van der Waals surface area contributed by atoms with Crippen molar-refractivity contribution in [2.24, 2.45) is 7.05 Å². The summed E-state index contributed by atoms with van der Waals surface area (Å²) < 4.78 is 2.24. The van der Waals surface area contributed by atoms with Crippen molar-refractivity contribution >= 4 is 54.1 Å². The third-order valence-electron chi connectivity index (χ3n) is 7.59. The van der Waals surface area contributed by atoms with Crippen LogP contribution in [0.1, 0.15) is 138 Å². The van der Waals surface area contributed by atoms with E-state index in [2.05, 4.69) is 135 Å². The SMILES string of the molecule is C.C.C.CC.CC.CC.CC.CC.CC.CCCCC.Cn1c2ccccc2c2ccccc21.c1cc2ccc3cccc4ccc(c1)c2c34.c1ccccc1. The predicted octanol–water partition coefficient (Wildman–Crippen LogP) is 19.9. The van der Waals surface area contributed by atoms with Gasteiger partial charge >= 0.3 is 0 Å². The van der Waals surface area contributed by atoms with Crippen LogP contribution in [0.15, 0.2) is 146 Å². The second-order valence-electron chi connectivity index (χ2n) is 10.4. The van der Waals surface area contributed by atoms with Gasteiger partial charge in [-0.05, 0) is 44.5 Å². The van der Waals surface area contributed by atoms with E-state index in [-0.39, 0.29) is 22.3 Å². The van der Waals surface area contributed by atoms with Crippen molar-refractivity contribution in [1.82, 2.24) is 4.57 Å². The molecule has 1 heteroatoms. The van der Waals surface area contributed by atoms with Crippen LogP contribution in [0, 0.1) is 0 Å². The highest BCUT2D eigenvalue weighted by Gasteiger charge is 2.06. The van der Waals surface area contributed by atoms with Crippen molar-refractivity contribution in [1.29, 1.82) is 0 Å². The number of benzene rings is 7. The maximum atomic E-state index is 2.24. The van der Waals surface area contributed by atoms with Crippen molar-refractivity contribution in [3.05, 3.63) is 146 Å². The van der Waals surface area contributed by atoms with Gasteiger partial charge in [0.05, 0.1) is 0 Å². The number of hydrogen-bond donors (Lipinski definition) is 0. The van der Waals surface area contributed by atoms with E-state index in [9.17, 15) is 0 Å². The molecular weight excluding hydrogens is 675 g/mol. The number of hydrogen-bond acceptors (Lipinski definition) is 0. The Morgan fingerprint density at radius 1 is 0.321 bits per heavy atom. The van der Waals surface area contributed by atoms with E-state index in [4.69, 9.17) is 0 Å². The molecule has 7 aromatic carbocycles. The zero-order chi connectivity index (χ0) is 40.4. The average molecular weight is 762 g/mol. The molecule has 312 valence electrons. The van der Waals surface area contributed by atoms with Crippen molar-refractivity contribution < 1.29 is 0 Å². The van der Waals surface area contributed by atoms with Crippen LogP contribution < -0.4 is 0 Å². The van der Waals surface area contributed by atoms with Gasteiger partial charge in [-0.3, -0.25) is 0 Å². The van der Waals surface area contributed by atoms with Crippen LogP contribution in [0.3, 0.4) is 0 Å². The monoisotopic (exact) mass is 762 g/mol. The first kappa shape index (κ1) is 60.6. The summed E-state index contributed by atoms with van der Waals surface area (Å²) in [4.78, 5) is 0. The van der Waals surface area contributed by atoms with Gasteiger partial charge in [0.25, 0.3) is 0 Å². The Morgan fingerprint density at radius 3 is 0.804 bits per heavy atom. The highest BCUT2D eigenvalue weighted by molar-refractivity contribution is 6.22. The summed E-state index contributed by atoms with van der Waals surface area (Å²) in [7, 11) is 2.12. The Balaban J connectivity index is -0.000000198. The zero-order valence-corrected chi connectivity index (χ0v) is 36.4. The lowest BCUT2D eigenvalue weighted by Gasteiger charge is -2.09. The largest absolute Gasteiger partial charge is 0.344 e. The molecule has 0 saturated heterocycles. The van der Waals surface area contributed by atoms with E-state index in [1.807, 2.05) is 119 Å². The molecule has 0 spiro atoms. The molecule has 1 heterocycles. The second kappa shape index (κ2) is 40.1. The van der Waals surface area contributed by atoms with Gasteiger partial charge in [-0.1, -0.05) is 272 Å². The molecule has 0 radical (unpaired) electrons. The lowest BCUT2D eigenvalue weighted by Crippen LogP contribution is -1.84. The van der Waals surface area contributed by atoms with Gasteiger partial charge < -0.3 is 4.57 Å². The first-order valence-electron chi connectivity index (χ1n) is 20.8. The highest BCUT2D eigenvalue weighted by atomic mass is 14.9. The number of para-hydroxylation sites is 2. The molecule has 1 aromatic heterocycles. The fourth-order valence-corrected chi connectivity index (χ4v) is 5.53. The van der Waals surface area contributed by atoms with Crippen molar-refractivity contribution in [2.75, 3.05) is 0 Å². The van der Waals surface area contributed by atoms with Crippen LogP contribution in [0.2, 0.25) is 0 Å². The highest BCUT2D eigenvalue weighted by Crippen LogP contribution is 2.34. The van der Waals surface area contributed by atoms with Crippen molar-refractivity contribution in [3.63, 3.8) is 0 Å². The molecule has 0 aliphatic rings. The molecule has 0 bridgehead atoms. The number of nitrogens with zero attached hydrogens (tertiary/aromatic N) is 1. The minimum atomic E-state index is 0. The topological polar surface area (TPSA) is 4.93 Å². The summed E-state index contributed by atoms with van der Waals surface area (Å²) in [6.07, 6.45) is 4.08. The molecule has 8 aromatic rings. The van der Waals surface area contributed by atoms with E-state index in [0.717, 1.165) is 0 Å². The van der Waals surface area contributed by atoms with Crippen LogP contribution >= 0.6 is 0 Å². The molecule has 0 saturated carbocycles. The third kappa shape index (κ3) is 18.3. The average Bonchev–Trinajstić information content (AvgIpc) is 3.57. The van der Waals surface area contributed by atoms with Crippen LogP contribution in [0.25, 0.3) is 54.1 Å². The number of fused-ring (bicyclic) bond motifs is 3. The van der Waals surface area contributed by atoms with Crippen molar-refractivity contribution in [2.45, 2.75) is 138 Å². The van der Waals surface area contributed by atoms with Crippen LogP contribution in [0.4, 0.5) is 0 Å². The Kier molecular flexibility index (Phi) is 43.4.